The van der Waals surface area contributed by atoms with Crippen LogP contribution in [0, 0.1) is 11.6 Å². The monoisotopic (exact) mass is 270 g/mol. The smallest absolute Gasteiger partial charge is 0.190 e. The second kappa shape index (κ2) is 5.45. The Labute approximate surface area is 107 Å². The van der Waals surface area contributed by atoms with Gasteiger partial charge in [-0.2, -0.15) is 0 Å². The van der Waals surface area contributed by atoms with Crippen LogP contribution in [-0.4, -0.2) is 20.5 Å². The molecule has 2 aromatic rings. The van der Waals surface area contributed by atoms with Crippen molar-refractivity contribution in [1.29, 1.82) is 0 Å². The highest BCUT2D eigenvalue weighted by molar-refractivity contribution is 7.99. The minimum absolute atomic E-state index is 0.171. The molecule has 1 unspecified atom stereocenters. The molecule has 0 aliphatic rings. The summed E-state index contributed by atoms with van der Waals surface area (Å²) >= 11 is 1.35. The zero-order chi connectivity index (χ0) is 13.1. The van der Waals surface area contributed by atoms with E-state index in [1.807, 2.05) is 0 Å². The maximum atomic E-state index is 13.5. The van der Waals surface area contributed by atoms with Crippen molar-refractivity contribution in [2.45, 2.75) is 11.2 Å². The van der Waals surface area contributed by atoms with Crippen LogP contribution in [0.2, 0.25) is 0 Å². The Morgan fingerprint density at radius 3 is 2.89 bits per heavy atom. The molecule has 0 radical (unpaired) electrons. The van der Waals surface area contributed by atoms with E-state index in [1.54, 1.807) is 17.9 Å². The van der Waals surface area contributed by atoms with Crippen molar-refractivity contribution in [3.05, 3.63) is 41.7 Å². The van der Waals surface area contributed by atoms with Crippen LogP contribution >= 0.6 is 11.8 Å². The molecule has 0 spiro atoms. The Morgan fingerprint density at radius 2 is 2.22 bits per heavy atom. The average Bonchev–Trinajstić information content (AvgIpc) is 2.75. The minimum Gasteiger partial charge on any atom is -0.323 e. The summed E-state index contributed by atoms with van der Waals surface area (Å²) in [6.45, 7) is 0. The summed E-state index contributed by atoms with van der Waals surface area (Å²) in [7, 11) is 1.80. The fraction of sp³-hybridized carbons (Fsp3) is 0.273. The van der Waals surface area contributed by atoms with E-state index in [9.17, 15) is 8.78 Å². The number of rotatable bonds is 4. The average molecular weight is 270 g/mol. The van der Waals surface area contributed by atoms with Gasteiger partial charge in [-0.05, 0) is 18.2 Å². The normalized spacial score (nSPS) is 12.7. The molecular formula is C11H12F2N4S. The van der Waals surface area contributed by atoms with Gasteiger partial charge in [-0.15, -0.1) is 10.2 Å². The van der Waals surface area contributed by atoms with E-state index in [0.29, 0.717) is 10.9 Å². The van der Waals surface area contributed by atoms with Gasteiger partial charge in [-0.1, -0.05) is 11.8 Å². The highest BCUT2D eigenvalue weighted by atomic mass is 32.2. The van der Waals surface area contributed by atoms with E-state index in [0.717, 1.165) is 18.2 Å². The summed E-state index contributed by atoms with van der Waals surface area (Å²) in [6, 6.07) is 2.68. The number of nitrogens with zero attached hydrogens (tertiary/aromatic N) is 3. The van der Waals surface area contributed by atoms with Gasteiger partial charge in [0.1, 0.15) is 18.0 Å². The molecule has 1 atom stereocenters. The Balaban J connectivity index is 2.06. The van der Waals surface area contributed by atoms with Gasteiger partial charge < -0.3 is 10.3 Å². The van der Waals surface area contributed by atoms with Gasteiger partial charge in [-0.25, -0.2) is 8.78 Å². The van der Waals surface area contributed by atoms with Crippen LogP contribution in [0.15, 0.2) is 29.7 Å². The minimum atomic E-state index is -0.595. The molecular weight excluding hydrogens is 258 g/mol. The van der Waals surface area contributed by atoms with Crippen molar-refractivity contribution in [3.8, 4) is 0 Å². The fourth-order valence-corrected chi connectivity index (χ4v) is 2.32. The third-order valence-electron chi connectivity index (χ3n) is 2.42. The molecule has 2 rings (SSSR count). The van der Waals surface area contributed by atoms with Crippen LogP contribution in [0.5, 0.6) is 0 Å². The molecule has 0 saturated carbocycles. The molecule has 0 aliphatic carbocycles. The molecule has 0 aliphatic heterocycles. The van der Waals surface area contributed by atoms with E-state index in [-0.39, 0.29) is 5.56 Å². The third kappa shape index (κ3) is 2.85. The third-order valence-corrected chi connectivity index (χ3v) is 3.57. The predicted octanol–water partition coefficient (Wildman–Crippen LogP) is 1.89. The first-order valence-electron chi connectivity index (χ1n) is 5.25. The first-order valence-corrected chi connectivity index (χ1v) is 6.24. The van der Waals surface area contributed by atoms with Gasteiger partial charge in [-0.3, -0.25) is 0 Å². The topological polar surface area (TPSA) is 56.7 Å². The Bertz CT molecular complexity index is 544. The van der Waals surface area contributed by atoms with Crippen LogP contribution in [-0.2, 0) is 7.05 Å². The van der Waals surface area contributed by atoms with Crippen LogP contribution in [0.25, 0.3) is 0 Å². The number of aromatic nitrogens is 3. The molecule has 0 saturated heterocycles. The Hall–Kier alpha value is -1.47. The second-order valence-corrected chi connectivity index (χ2v) is 4.79. The number of thioether (sulfide) groups is 1. The van der Waals surface area contributed by atoms with Gasteiger partial charge in [0.15, 0.2) is 5.16 Å². The first-order chi connectivity index (χ1) is 8.58. The first kappa shape index (κ1) is 13.0. The summed E-state index contributed by atoms with van der Waals surface area (Å²) in [5, 5.41) is 8.28. The number of benzene rings is 1. The molecule has 1 aromatic heterocycles. The predicted molar refractivity (Wildman–Crippen MR) is 65.0 cm³/mol. The van der Waals surface area contributed by atoms with E-state index in [4.69, 9.17) is 5.73 Å². The van der Waals surface area contributed by atoms with Crippen molar-refractivity contribution in [2.75, 3.05) is 5.75 Å². The standard InChI is InChI=1S/C11H12F2N4S/c1-17-6-15-16-11(17)18-5-10(14)8-4-7(12)2-3-9(8)13/h2-4,6,10H,5,14H2,1H3. The van der Waals surface area contributed by atoms with Crippen molar-refractivity contribution in [2.24, 2.45) is 12.8 Å². The molecule has 0 amide bonds. The van der Waals surface area contributed by atoms with Crippen molar-refractivity contribution in [3.63, 3.8) is 0 Å². The summed E-state index contributed by atoms with van der Waals surface area (Å²) in [5.74, 6) is -0.597. The molecule has 2 N–H and O–H groups in total. The van der Waals surface area contributed by atoms with E-state index < -0.39 is 17.7 Å². The number of halogens is 2. The van der Waals surface area contributed by atoms with E-state index in [2.05, 4.69) is 10.2 Å². The molecule has 96 valence electrons. The Morgan fingerprint density at radius 1 is 1.44 bits per heavy atom. The lowest BCUT2D eigenvalue weighted by Gasteiger charge is -2.12. The number of hydrogen-bond donors (Lipinski definition) is 1. The van der Waals surface area contributed by atoms with Crippen LogP contribution < -0.4 is 5.73 Å². The molecule has 0 bridgehead atoms. The highest BCUT2D eigenvalue weighted by Gasteiger charge is 2.14. The van der Waals surface area contributed by atoms with Crippen LogP contribution in [0.1, 0.15) is 11.6 Å². The zero-order valence-corrected chi connectivity index (χ0v) is 10.5. The van der Waals surface area contributed by atoms with Gasteiger partial charge in [0.25, 0.3) is 0 Å². The molecule has 18 heavy (non-hydrogen) atoms. The van der Waals surface area contributed by atoms with Gasteiger partial charge >= 0.3 is 0 Å². The van der Waals surface area contributed by atoms with E-state index in [1.165, 1.54) is 11.8 Å². The van der Waals surface area contributed by atoms with Gasteiger partial charge in [0.05, 0.1) is 0 Å². The lowest BCUT2D eigenvalue weighted by Crippen LogP contribution is -2.15. The molecule has 4 nitrogen and oxygen atoms in total. The van der Waals surface area contributed by atoms with Crippen LogP contribution in [0.3, 0.4) is 0 Å². The number of nitrogens with two attached hydrogens (primary N) is 1. The molecule has 1 aromatic carbocycles. The maximum Gasteiger partial charge on any atom is 0.190 e. The number of hydrogen-bond acceptors (Lipinski definition) is 4. The lowest BCUT2D eigenvalue weighted by atomic mass is 10.1. The molecule has 0 fully saturated rings. The summed E-state index contributed by atoms with van der Waals surface area (Å²) in [5.41, 5.74) is 6.02. The SMILES string of the molecule is Cn1cnnc1SCC(N)c1cc(F)ccc1F. The maximum absolute atomic E-state index is 13.5. The molecule has 7 heteroatoms. The highest BCUT2D eigenvalue weighted by Crippen LogP contribution is 2.23. The zero-order valence-electron chi connectivity index (χ0n) is 9.68. The fourth-order valence-electron chi connectivity index (χ4n) is 1.46. The van der Waals surface area contributed by atoms with Crippen molar-refractivity contribution >= 4 is 11.8 Å². The van der Waals surface area contributed by atoms with Gasteiger partial charge in [0.2, 0.25) is 0 Å². The largest absolute Gasteiger partial charge is 0.323 e. The van der Waals surface area contributed by atoms with Crippen molar-refractivity contribution < 1.29 is 8.78 Å². The second-order valence-electron chi connectivity index (χ2n) is 3.81. The summed E-state index contributed by atoms with van der Waals surface area (Å²) in [6.07, 6.45) is 1.57. The summed E-state index contributed by atoms with van der Waals surface area (Å²) < 4.78 is 28.2. The van der Waals surface area contributed by atoms with Crippen molar-refractivity contribution in [1.82, 2.24) is 14.8 Å². The van der Waals surface area contributed by atoms with E-state index >= 15 is 0 Å². The summed E-state index contributed by atoms with van der Waals surface area (Å²) in [4.78, 5) is 0. The molecule has 1 heterocycles. The number of aryl methyl sites for hydroxylation is 1. The Kier molecular flexibility index (Phi) is 3.93. The lowest BCUT2D eigenvalue weighted by molar-refractivity contribution is 0.573. The van der Waals surface area contributed by atoms with Gasteiger partial charge in [0, 0.05) is 24.4 Å². The quantitative estimate of drug-likeness (QED) is 0.862. The van der Waals surface area contributed by atoms with Crippen LogP contribution in [0.4, 0.5) is 8.78 Å².